The second-order valence-corrected chi connectivity index (χ2v) is 13.0. The number of anilines is 1. The van der Waals surface area contributed by atoms with E-state index in [1.165, 1.54) is 62.5 Å². The third-order valence-electron chi connectivity index (χ3n) is 8.27. The summed E-state index contributed by atoms with van der Waals surface area (Å²) in [6.07, 6.45) is 10.9. The molecule has 1 saturated carbocycles. The summed E-state index contributed by atoms with van der Waals surface area (Å²) in [5.74, 6) is 3.20. The molecule has 40 heavy (non-hydrogen) atoms. The highest BCUT2D eigenvalue weighted by Gasteiger charge is 2.26. The lowest BCUT2D eigenvalue weighted by molar-refractivity contribution is 0.0713. The highest BCUT2D eigenvalue weighted by Crippen LogP contribution is 2.34. The highest BCUT2D eigenvalue weighted by molar-refractivity contribution is 7.99. The predicted molar refractivity (Wildman–Crippen MR) is 162 cm³/mol. The standard InChI is InChI=1S/C31H46FN5O2S/c1-5-37(22(3)4)31(38)27-17-25(32)9-12-28(27)39-29-19-33-21-35-30(29)34-18-23-13-15-36(16-14-23)20-24-7-10-26(11-8-24)40-6-2/h9,12,17,19,21-24,26H,5-8,10-11,13-16,18,20H2,1-4H3,(H,33,34,35)/t24-,26-. The van der Waals surface area contributed by atoms with Crippen LogP contribution in [0.15, 0.2) is 30.7 Å². The van der Waals surface area contributed by atoms with Gasteiger partial charge in [0, 0.05) is 30.9 Å². The molecule has 2 aliphatic rings. The molecule has 2 aromatic rings. The number of amides is 1. The number of likely N-dealkylation sites (tertiary alicyclic amines) is 1. The first-order valence-electron chi connectivity index (χ1n) is 15.0. The van der Waals surface area contributed by atoms with Crippen LogP contribution in [-0.2, 0) is 0 Å². The van der Waals surface area contributed by atoms with Gasteiger partial charge >= 0.3 is 0 Å². The number of thioether (sulfide) groups is 1. The molecule has 1 amide bonds. The lowest BCUT2D eigenvalue weighted by Gasteiger charge is -2.36. The van der Waals surface area contributed by atoms with E-state index in [1.54, 1.807) is 11.1 Å². The Labute approximate surface area is 243 Å². The molecule has 2 heterocycles. The molecule has 1 aliphatic heterocycles. The van der Waals surface area contributed by atoms with Crippen molar-refractivity contribution in [3.63, 3.8) is 0 Å². The van der Waals surface area contributed by atoms with E-state index in [0.717, 1.165) is 43.6 Å². The third kappa shape index (κ3) is 8.32. The van der Waals surface area contributed by atoms with Gasteiger partial charge in [0.15, 0.2) is 11.6 Å². The van der Waals surface area contributed by atoms with Crippen LogP contribution in [0.4, 0.5) is 10.2 Å². The zero-order valence-electron chi connectivity index (χ0n) is 24.6. The fourth-order valence-electron chi connectivity index (χ4n) is 6.00. The molecule has 1 aliphatic carbocycles. The highest BCUT2D eigenvalue weighted by atomic mass is 32.2. The van der Waals surface area contributed by atoms with Gasteiger partial charge in [-0.1, -0.05) is 6.92 Å². The number of nitrogens with one attached hydrogen (secondary N) is 1. The van der Waals surface area contributed by atoms with Gasteiger partial charge in [0.1, 0.15) is 17.9 Å². The normalized spacial score (nSPS) is 20.4. The van der Waals surface area contributed by atoms with Crippen LogP contribution in [0.25, 0.3) is 0 Å². The second kappa shape index (κ2) is 15.0. The smallest absolute Gasteiger partial charge is 0.257 e. The van der Waals surface area contributed by atoms with Gasteiger partial charge in [0.05, 0.1) is 11.8 Å². The Morgan fingerprint density at radius 1 is 1.12 bits per heavy atom. The summed E-state index contributed by atoms with van der Waals surface area (Å²) in [5.41, 5.74) is 0.190. The Balaban J connectivity index is 1.31. The number of aromatic nitrogens is 2. The SMILES string of the molecule is CCS[C@H]1CC[C@H](CN2CCC(CNc3ncncc3Oc3ccc(F)cc3C(=O)N(CC)C(C)C)CC2)CC1. The van der Waals surface area contributed by atoms with Crippen LogP contribution in [0.3, 0.4) is 0 Å². The number of nitrogens with zero attached hydrogens (tertiary/aromatic N) is 4. The van der Waals surface area contributed by atoms with Crippen molar-refractivity contribution < 1.29 is 13.9 Å². The largest absolute Gasteiger partial charge is 0.451 e. The van der Waals surface area contributed by atoms with Crippen LogP contribution in [0.5, 0.6) is 11.5 Å². The van der Waals surface area contributed by atoms with Crippen LogP contribution < -0.4 is 10.1 Å². The van der Waals surface area contributed by atoms with Crippen molar-refractivity contribution in [2.45, 2.75) is 77.5 Å². The van der Waals surface area contributed by atoms with Crippen LogP contribution in [0, 0.1) is 17.7 Å². The molecule has 7 nitrogen and oxygen atoms in total. The van der Waals surface area contributed by atoms with Gasteiger partial charge in [-0.15, -0.1) is 0 Å². The van der Waals surface area contributed by atoms with Crippen molar-refractivity contribution in [3.8, 4) is 11.5 Å². The molecule has 1 saturated heterocycles. The number of halogens is 1. The van der Waals surface area contributed by atoms with Crippen molar-refractivity contribution in [1.29, 1.82) is 0 Å². The molecular formula is C31H46FN5O2S. The molecule has 1 N–H and O–H groups in total. The molecule has 2 fully saturated rings. The summed E-state index contributed by atoms with van der Waals surface area (Å²) in [4.78, 5) is 26.1. The van der Waals surface area contributed by atoms with Crippen LogP contribution in [0.2, 0.25) is 0 Å². The topological polar surface area (TPSA) is 70.6 Å². The van der Waals surface area contributed by atoms with Crippen molar-refractivity contribution >= 4 is 23.5 Å². The van der Waals surface area contributed by atoms with Gasteiger partial charge in [-0.25, -0.2) is 14.4 Å². The maximum atomic E-state index is 14.2. The zero-order chi connectivity index (χ0) is 28.5. The lowest BCUT2D eigenvalue weighted by Crippen LogP contribution is -2.39. The van der Waals surface area contributed by atoms with Gasteiger partial charge in [-0.3, -0.25) is 4.79 Å². The number of benzene rings is 1. The van der Waals surface area contributed by atoms with Gasteiger partial charge in [0.2, 0.25) is 0 Å². The van der Waals surface area contributed by atoms with Crippen molar-refractivity contribution in [1.82, 2.24) is 19.8 Å². The first-order chi connectivity index (χ1) is 19.4. The van der Waals surface area contributed by atoms with Gasteiger partial charge < -0.3 is 19.9 Å². The number of piperidine rings is 1. The Bertz CT molecular complexity index is 1090. The number of hydrogen-bond acceptors (Lipinski definition) is 7. The van der Waals surface area contributed by atoms with E-state index in [0.29, 0.717) is 29.8 Å². The molecule has 1 aromatic carbocycles. The summed E-state index contributed by atoms with van der Waals surface area (Å²) in [5, 5.41) is 4.35. The number of ether oxygens (including phenoxy) is 1. The monoisotopic (exact) mass is 571 g/mol. The van der Waals surface area contributed by atoms with Crippen molar-refractivity contribution in [2.75, 3.05) is 43.8 Å². The number of rotatable bonds is 12. The molecular weight excluding hydrogens is 525 g/mol. The van der Waals surface area contributed by atoms with Crippen LogP contribution in [-0.4, -0.2) is 75.4 Å². The minimum atomic E-state index is -0.479. The third-order valence-corrected chi connectivity index (χ3v) is 9.55. The molecule has 0 bridgehead atoms. The van der Waals surface area contributed by atoms with E-state index in [1.807, 2.05) is 20.8 Å². The summed E-state index contributed by atoms with van der Waals surface area (Å²) < 4.78 is 20.3. The van der Waals surface area contributed by atoms with Gasteiger partial charge in [-0.2, -0.15) is 11.8 Å². The first-order valence-corrected chi connectivity index (χ1v) is 16.1. The van der Waals surface area contributed by atoms with E-state index < -0.39 is 5.82 Å². The molecule has 0 radical (unpaired) electrons. The van der Waals surface area contributed by atoms with E-state index in [4.69, 9.17) is 4.74 Å². The Morgan fingerprint density at radius 2 is 1.88 bits per heavy atom. The molecule has 0 spiro atoms. The quantitative estimate of drug-likeness (QED) is 0.303. The van der Waals surface area contributed by atoms with E-state index in [9.17, 15) is 9.18 Å². The maximum Gasteiger partial charge on any atom is 0.257 e. The van der Waals surface area contributed by atoms with Crippen LogP contribution >= 0.6 is 11.8 Å². The summed E-state index contributed by atoms with van der Waals surface area (Å²) >= 11 is 2.14. The minimum Gasteiger partial charge on any atom is -0.451 e. The van der Waals surface area contributed by atoms with E-state index >= 15 is 0 Å². The molecule has 1 aromatic heterocycles. The van der Waals surface area contributed by atoms with Crippen LogP contribution in [0.1, 0.15) is 76.6 Å². The molecule has 4 rings (SSSR count). The Hall–Kier alpha value is -2.39. The number of carbonyl (C=O) groups excluding carboxylic acids is 1. The molecule has 0 atom stereocenters. The fourth-order valence-corrected chi connectivity index (χ4v) is 7.07. The Morgan fingerprint density at radius 3 is 2.55 bits per heavy atom. The summed E-state index contributed by atoms with van der Waals surface area (Å²) in [7, 11) is 0. The van der Waals surface area contributed by atoms with Crippen molar-refractivity contribution in [2.24, 2.45) is 11.8 Å². The van der Waals surface area contributed by atoms with E-state index in [2.05, 4.69) is 38.9 Å². The zero-order valence-corrected chi connectivity index (χ0v) is 25.4. The van der Waals surface area contributed by atoms with Gasteiger partial charge in [-0.05, 0) is 108 Å². The fraction of sp³-hybridized carbons (Fsp3) is 0.645. The molecule has 220 valence electrons. The summed E-state index contributed by atoms with van der Waals surface area (Å²) in [6, 6.07) is 4.03. The summed E-state index contributed by atoms with van der Waals surface area (Å²) in [6.45, 7) is 12.9. The minimum absolute atomic E-state index is 0.0164. The lowest BCUT2D eigenvalue weighted by atomic mass is 9.87. The first kappa shape index (κ1) is 30.6. The number of carbonyl (C=O) groups is 1. The maximum absolute atomic E-state index is 14.2. The molecule has 0 unspecified atom stereocenters. The van der Waals surface area contributed by atoms with Gasteiger partial charge in [0.25, 0.3) is 5.91 Å². The predicted octanol–water partition coefficient (Wildman–Crippen LogP) is 6.71. The second-order valence-electron chi connectivity index (χ2n) is 11.4. The van der Waals surface area contributed by atoms with E-state index in [-0.39, 0.29) is 17.5 Å². The Kier molecular flexibility index (Phi) is 11.5. The molecule has 9 heteroatoms. The number of hydrogen-bond donors (Lipinski definition) is 1. The average Bonchev–Trinajstić information content (AvgIpc) is 2.95. The van der Waals surface area contributed by atoms with Crippen molar-refractivity contribution in [3.05, 3.63) is 42.1 Å². The average molecular weight is 572 g/mol.